The van der Waals surface area contributed by atoms with Gasteiger partial charge < -0.3 is 9.47 Å². The quantitative estimate of drug-likeness (QED) is 0.781. The first-order valence-corrected chi connectivity index (χ1v) is 8.68. The van der Waals surface area contributed by atoms with Gasteiger partial charge in [-0.1, -0.05) is 12.1 Å². The van der Waals surface area contributed by atoms with Gasteiger partial charge in [0, 0.05) is 23.3 Å². The van der Waals surface area contributed by atoms with Crippen LogP contribution in [0.25, 0.3) is 11.3 Å². The summed E-state index contributed by atoms with van der Waals surface area (Å²) in [6.07, 6.45) is 2.29. The number of para-hydroxylation sites is 2. The molecule has 1 N–H and O–H groups in total. The molecule has 0 saturated carbocycles. The Morgan fingerprint density at radius 3 is 2.60 bits per heavy atom. The number of amides is 1. The Labute approximate surface area is 148 Å². The lowest BCUT2D eigenvalue weighted by molar-refractivity contribution is -0.128. The highest BCUT2D eigenvalue weighted by Crippen LogP contribution is 2.34. The van der Waals surface area contributed by atoms with Crippen LogP contribution in [0.1, 0.15) is 6.92 Å². The molecule has 0 saturated heterocycles. The average molecular weight is 353 g/mol. The van der Waals surface area contributed by atoms with E-state index in [4.69, 9.17) is 9.47 Å². The fraction of sp³-hybridized carbons (Fsp3) is 0.167. The number of nitrogens with one attached hydrogen (secondary N) is 1. The number of hydrogen-bond acceptors (Lipinski definition) is 6. The summed E-state index contributed by atoms with van der Waals surface area (Å²) < 4.78 is 11.6. The van der Waals surface area contributed by atoms with E-state index in [9.17, 15) is 4.79 Å². The van der Waals surface area contributed by atoms with Gasteiger partial charge >= 0.3 is 0 Å². The number of pyridine rings is 1. The number of carbonyl (C=O) groups excluding carboxylic acids is 1. The van der Waals surface area contributed by atoms with E-state index in [1.54, 1.807) is 18.5 Å². The summed E-state index contributed by atoms with van der Waals surface area (Å²) in [7, 11) is 0. The summed E-state index contributed by atoms with van der Waals surface area (Å²) in [5, 5.41) is 5.22. The number of anilines is 1. The number of thiazole rings is 1. The zero-order valence-corrected chi connectivity index (χ0v) is 14.2. The minimum atomic E-state index is -0.733. The van der Waals surface area contributed by atoms with Crippen LogP contribution in [0, 0.1) is 0 Å². The highest BCUT2D eigenvalue weighted by atomic mass is 32.1. The molecule has 126 valence electrons. The minimum absolute atomic E-state index is 0.280. The Hall–Kier alpha value is -2.93. The number of benzene rings is 1. The third-order valence-corrected chi connectivity index (χ3v) is 4.57. The smallest absolute Gasteiger partial charge is 0.271 e. The van der Waals surface area contributed by atoms with E-state index in [1.807, 2.05) is 42.6 Å². The lowest BCUT2D eigenvalue weighted by atomic mass is 10.1. The van der Waals surface area contributed by atoms with Crippen LogP contribution in [0.4, 0.5) is 5.13 Å². The zero-order valence-electron chi connectivity index (χ0n) is 13.4. The molecule has 1 aliphatic heterocycles. The number of hydrogen-bond donors (Lipinski definition) is 1. The van der Waals surface area contributed by atoms with E-state index < -0.39 is 12.2 Å². The summed E-state index contributed by atoms with van der Waals surface area (Å²) in [5.74, 6) is 0.934. The van der Waals surface area contributed by atoms with Gasteiger partial charge in [-0.25, -0.2) is 4.98 Å². The highest BCUT2D eigenvalue weighted by molar-refractivity contribution is 7.14. The molecule has 3 aromatic rings. The van der Waals surface area contributed by atoms with Crippen molar-refractivity contribution >= 4 is 22.4 Å². The molecule has 2 aromatic heterocycles. The van der Waals surface area contributed by atoms with Gasteiger partial charge in [-0.05, 0) is 31.2 Å². The summed E-state index contributed by atoms with van der Waals surface area (Å²) in [5.41, 5.74) is 1.74. The van der Waals surface area contributed by atoms with Crippen molar-refractivity contribution in [1.82, 2.24) is 9.97 Å². The molecule has 1 amide bonds. The molecule has 6 nitrogen and oxygen atoms in total. The summed E-state index contributed by atoms with van der Waals surface area (Å²) in [4.78, 5) is 21.0. The average Bonchev–Trinajstić information content (AvgIpc) is 3.10. The van der Waals surface area contributed by atoms with Crippen LogP contribution >= 0.6 is 11.3 Å². The van der Waals surface area contributed by atoms with Crippen molar-refractivity contribution in [2.24, 2.45) is 0 Å². The Kier molecular flexibility index (Phi) is 4.07. The van der Waals surface area contributed by atoms with Crippen molar-refractivity contribution < 1.29 is 14.3 Å². The normalized spacial score (nSPS) is 18.6. The second-order valence-electron chi connectivity index (χ2n) is 5.57. The maximum Gasteiger partial charge on any atom is 0.271 e. The van der Waals surface area contributed by atoms with Crippen LogP contribution in [0.2, 0.25) is 0 Å². The van der Waals surface area contributed by atoms with E-state index in [-0.39, 0.29) is 5.91 Å². The molecule has 0 bridgehead atoms. The second-order valence-corrected chi connectivity index (χ2v) is 6.43. The molecule has 2 unspecified atom stereocenters. The van der Waals surface area contributed by atoms with E-state index in [1.165, 1.54) is 11.3 Å². The van der Waals surface area contributed by atoms with Crippen LogP contribution in [0.5, 0.6) is 11.5 Å². The van der Waals surface area contributed by atoms with Crippen molar-refractivity contribution in [2.45, 2.75) is 19.1 Å². The number of aromatic nitrogens is 2. The highest BCUT2D eigenvalue weighted by Gasteiger charge is 2.34. The number of nitrogens with zero attached hydrogens (tertiary/aromatic N) is 2. The van der Waals surface area contributed by atoms with E-state index in [0.717, 1.165) is 11.3 Å². The topological polar surface area (TPSA) is 73.3 Å². The standard InChI is InChI=1S/C18H15N3O3S/c1-11-16(24-15-5-3-2-4-14(15)23-11)17(22)21-18-20-13(10-25-18)12-6-8-19-9-7-12/h2-11,16H,1H3,(H,20,21,22). The fourth-order valence-electron chi connectivity index (χ4n) is 2.57. The molecule has 0 aliphatic carbocycles. The molecule has 7 heteroatoms. The van der Waals surface area contributed by atoms with Gasteiger partial charge in [0.15, 0.2) is 16.6 Å². The first-order chi connectivity index (χ1) is 12.2. The van der Waals surface area contributed by atoms with Gasteiger partial charge in [0.2, 0.25) is 6.10 Å². The number of carbonyl (C=O) groups is 1. The van der Waals surface area contributed by atoms with E-state index in [2.05, 4.69) is 15.3 Å². The van der Waals surface area contributed by atoms with Gasteiger partial charge in [0.05, 0.1) is 5.69 Å². The van der Waals surface area contributed by atoms with E-state index in [0.29, 0.717) is 16.6 Å². The summed E-state index contributed by atoms with van der Waals surface area (Å²) >= 11 is 1.36. The van der Waals surface area contributed by atoms with Crippen LogP contribution in [-0.4, -0.2) is 28.1 Å². The van der Waals surface area contributed by atoms with Crippen molar-refractivity contribution in [2.75, 3.05) is 5.32 Å². The third kappa shape index (κ3) is 3.18. The molecule has 2 atom stereocenters. The maximum atomic E-state index is 12.6. The van der Waals surface area contributed by atoms with Gasteiger partial charge in [-0.2, -0.15) is 0 Å². The first-order valence-electron chi connectivity index (χ1n) is 7.80. The zero-order chi connectivity index (χ0) is 17.2. The monoisotopic (exact) mass is 353 g/mol. The third-order valence-electron chi connectivity index (χ3n) is 3.81. The van der Waals surface area contributed by atoms with Crippen LogP contribution in [-0.2, 0) is 4.79 Å². The molecule has 0 spiro atoms. The predicted octanol–water partition coefficient (Wildman–Crippen LogP) is 3.37. The summed E-state index contributed by atoms with van der Waals surface area (Å²) in [6, 6.07) is 11.1. The van der Waals surface area contributed by atoms with Crippen LogP contribution in [0.3, 0.4) is 0 Å². The van der Waals surface area contributed by atoms with Crippen molar-refractivity contribution in [3.05, 3.63) is 54.2 Å². The van der Waals surface area contributed by atoms with E-state index >= 15 is 0 Å². The van der Waals surface area contributed by atoms with Crippen molar-refractivity contribution in [3.63, 3.8) is 0 Å². The number of fused-ring (bicyclic) bond motifs is 1. The van der Waals surface area contributed by atoms with Crippen LogP contribution in [0.15, 0.2) is 54.2 Å². The number of ether oxygens (including phenoxy) is 2. The van der Waals surface area contributed by atoms with Gasteiger partial charge in [-0.3, -0.25) is 15.1 Å². The predicted molar refractivity (Wildman–Crippen MR) is 94.9 cm³/mol. The lowest BCUT2D eigenvalue weighted by Gasteiger charge is -2.30. The van der Waals surface area contributed by atoms with Crippen LogP contribution < -0.4 is 14.8 Å². The van der Waals surface area contributed by atoms with Crippen molar-refractivity contribution in [3.8, 4) is 22.8 Å². The molecule has 3 heterocycles. The van der Waals surface area contributed by atoms with Gasteiger partial charge in [-0.15, -0.1) is 11.3 Å². The molecule has 1 aliphatic rings. The molecule has 4 rings (SSSR count). The SMILES string of the molecule is CC1Oc2ccccc2OC1C(=O)Nc1nc(-c2ccncc2)cs1. The molecular weight excluding hydrogens is 338 g/mol. The second kappa shape index (κ2) is 6.52. The molecular formula is C18H15N3O3S. The molecule has 1 aromatic carbocycles. The largest absolute Gasteiger partial charge is 0.482 e. The fourth-order valence-corrected chi connectivity index (χ4v) is 3.29. The molecule has 0 fully saturated rings. The Morgan fingerprint density at radius 2 is 1.84 bits per heavy atom. The Balaban J connectivity index is 1.48. The summed E-state index contributed by atoms with van der Waals surface area (Å²) in [6.45, 7) is 1.81. The van der Waals surface area contributed by atoms with Gasteiger partial charge in [0.25, 0.3) is 5.91 Å². The Bertz CT molecular complexity index is 897. The Morgan fingerprint density at radius 1 is 1.12 bits per heavy atom. The maximum absolute atomic E-state index is 12.6. The molecule has 0 radical (unpaired) electrons. The first kappa shape index (κ1) is 15.6. The van der Waals surface area contributed by atoms with Crippen molar-refractivity contribution in [1.29, 1.82) is 0 Å². The molecule has 25 heavy (non-hydrogen) atoms. The minimum Gasteiger partial charge on any atom is -0.482 e. The number of rotatable bonds is 3. The van der Waals surface area contributed by atoms with Gasteiger partial charge in [0.1, 0.15) is 6.10 Å². The lowest BCUT2D eigenvalue weighted by Crippen LogP contribution is -2.46.